The van der Waals surface area contributed by atoms with Crippen molar-refractivity contribution in [1.29, 1.82) is 0 Å². The number of hydrogen-bond donors (Lipinski definition) is 1. The van der Waals surface area contributed by atoms with Gasteiger partial charge in [0.2, 0.25) is 0 Å². The Bertz CT molecular complexity index is 520. The van der Waals surface area contributed by atoms with E-state index >= 15 is 0 Å². The van der Waals surface area contributed by atoms with E-state index in [0.29, 0.717) is 30.5 Å². The molecule has 0 aromatic heterocycles. The first-order chi connectivity index (χ1) is 12.9. The molecule has 0 saturated heterocycles. The third-order valence-corrected chi connectivity index (χ3v) is 7.04. The molecule has 0 aromatic carbocycles. The molecule has 0 aliphatic heterocycles. The Morgan fingerprint density at radius 1 is 1.33 bits per heavy atom. The third-order valence-electron chi connectivity index (χ3n) is 7.04. The Kier molecular flexibility index (Phi) is 8.53. The Morgan fingerprint density at radius 3 is 2.70 bits per heavy atom. The number of hydrogen-bond acceptors (Lipinski definition) is 4. The highest BCUT2D eigenvalue weighted by Gasteiger charge is 2.40. The summed E-state index contributed by atoms with van der Waals surface area (Å²) in [5.74, 6) is 1.26. The maximum Gasteiger partial charge on any atom is 0.305 e. The Hall–Kier alpha value is -1.16. The number of ketones is 1. The average Bonchev–Trinajstić information content (AvgIpc) is 2.88. The summed E-state index contributed by atoms with van der Waals surface area (Å²) in [6.07, 6.45) is 14.1. The molecule has 2 fully saturated rings. The maximum absolute atomic E-state index is 12.4. The molecule has 0 spiro atoms. The van der Waals surface area contributed by atoms with Gasteiger partial charge in [-0.1, -0.05) is 38.8 Å². The number of esters is 1. The van der Waals surface area contributed by atoms with Gasteiger partial charge >= 0.3 is 5.97 Å². The molecule has 1 unspecified atom stereocenters. The molecule has 2 aliphatic rings. The van der Waals surface area contributed by atoms with Gasteiger partial charge in [0, 0.05) is 18.8 Å². The van der Waals surface area contributed by atoms with Crippen LogP contribution in [0, 0.1) is 23.2 Å². The van der Waals surface area contributed by atoms with E-state index in [4.69, 9.17) is 0 Å². The second-order valence-electron chi connectivity index (χ2n) is 9.05. The Labute approximate surface area is 164 Å². The summed E-state index contributed by atoms with van der Waals surface area (Å²) in [6.45, 7) is 4.41. The van der Waals surface area contributed by atoms with E-state index in [1.807, 2.05) is 0 Å². The molecule has 0 heterocycles. The van der Waals surface area contributed by atoms with Crippen molar-refractivity contribution >= 4 is 11.8 Å². The molecule has 0 aromatic rings. The first-order valence-corrected chi connectivity index (χ1v) is 10.8. The highest BCUT2D eigenvalue weighted by molar-refractivity contribution is 5.84. The summed E-state index contributed by atoms with van der Waals surface area (Å²) >= 11 is 0. The predicted octanol–water partition coefficient (Wildman–Crippen LogP) is 4.84. The fourth-order valence-electron chi connectivity index (χ4n) is 4.84. The number of aliphatic hydroxyl groups excluding tert-OH is 1. The molecular weight excluding hydrogens is 340 g/mol. The van der Waals surface area contributed by atoms with Crippen LogP contribution in [0.4, 0.5) is 0 Å². The average molecular weight is 379 g/mol. The normalized spacial score (nSPS) is 28.3. The number of rotatable bonds is 11. The van der Waals surface area contributed by atoms with Gasteiger partial charge in [-0.25, -0.2) is 0 Å². The molecule has 0 bridgehead atoms. The lowest BCUT2D eigenvalue weighted by Crippen LogP contribution is -2.38. The van der Waals surface area contributed by atoms with Crippen molar-refractivity contribution in [3.05, 3.63) is 12.2 Å². The van der Waals surface area contributed by atoms with Gasteiger partial charge in [-0.05, 0) is 62.2 Å². The fraction of sp³-hybridized carbons (Fsp3) is 0.826. The van der Waals surface area contributed by atoms with Gasteiger partial charge in [0.1, 0.15) is 5.78 Å². The molecule has 4 nitrogen and oxygen atoms in total. The van der Waals surface area contributed by atoms with Crippen LogP contribution in [-0.4, -0.2) is 30.1 Å². The summed E-state index contributed by atoms with van der Waals surface area (Å²) in [4.78, 5) is 23.5. The molecule has 2 saturated carbocycles. The van der Waals surface area contributed by atoms with Crippen LogP contribution < -0.4 is 0 Å². The van der Waals surface area contributed by atoms with E-state index < -0.39 is 0 Å². The summed E-state index contributed by atoms with van der Waals surface area (Å²) in [5, 5.41) is 10.5. The van der Waals surface area contributed by atoms with E-state index in [-0.39, 0.29) is 23.4 Å². The highest BCUT2D eigenvalue weighted by Crippen LogP contribution is 2.45. The smallest absolute Gasteiger partial charge is 0.305 e. The van der Waals surface area contributed by atoms with Gasteiger partial charge in [0.05, 0.1) is 13.2 Å². The SMILES string of the molecule is COC(=O)CCC/C=C\C[C@H]1C(=O)C[C@@H](C)[C@@H]1CCCC(O)C1(C)CCC1. The zero-order chi connectivity index (χ0) is 19.9. The summed E-state index contributed by atoms with van der Waals surface area (Å²) in [7, 11) is 1.41. The van der Waals surface area contributed by atoms with Gasteiger partial charge in [0.25, 0.3) is 0 Å². The van der Waals surface area contributed by atoms with E-state index in [1.54, 1.807) is 0 Å². The molecule has 1 N–H and O–H groups in total. The lowest BCUT2D eigenvalue weighted by atomic mass is 9.65. The predicted molar refractivity (Wildman–Crippen MR) is 107 cm³/mol. The van der Waals surface area contributed by atoms with Crippen molar-refractivity contribution in [2.45, 2.75) is 90.6 Å². The summed E-state index contributed by atoms with van der Waals surface area (Å²) in [5.41, 5.74) is 0.142. The van der Waals surface area contributed by atoms with Gasteiger partial charge in [-0.15, -0.1) is 0 Å². The van der Waals surface area contributed by atoms with Gasteiger partial charge in [-0.3, -0.25) is 9.59 Å². The Morgan fingerprint density at radius 2 is 2.07 bits per heavy atom. The van der Waals surface area contributed by atoms with Crippen LogP contribution in [0.25, 0.3) is 0 Å². The van der Waals surface area contributed by atoms with E-state index in [1.165, 1.54) is 13.5 Å². The molecular formula is C23H38O4. The van der Waals surface area contributed by atoms with Gasteiger partial charge < -0.3 is 9.84 Å². The fourth-order valence-corrected chi connectivity index (χ4v) is 4.84. The van der Waals surface area contributed by atoms with Crippen molar-refractivity contribution in [3.63, 3.8) is 0 Å². The molecule has 27 heavy (non-hydrogen) atoms. The minimum absolute atomic E-state index is 0.133. The first-order valence-electron chi connectivity index (χ1n) is 10.8. The number of carbonyl (C=O) groups is 2. The molecule has 4 heteroatoms. The molecule has 0 amide bonds. The first kappa shape index (κ1) is 22.1. The van der Waals surface area contributed by atoms with Crippen molar-refractivity contribution in [3.8, 4) is 0 Å². The highest BCUT2D eigenvalue weighted by atomic mass is 16.5. The topological polar surface area (TPSA) is 63.6 Å². The van der Waals surface area contributed by atoms with Crippen molar-refractivity contribution < 1.29 is 19.4 Å². The molecule has 0 radical (unpaired) electrons. The van der Waals surface area contributed by atoms with Gasteiger partial charge in [0.15, 0.2) is 0 Å². The number of aliphatic hydroxyl groups is 1. The van der Waals surface area contributed by atoms with Crippen molar-refractivity contribution in [1.82, 2.24) is 0 Å². The number of ether oxygens (including phenoxy) is 1. The second kappa shape index (κ2) is 10.4. The number of Topliss-reactive ketones (excluding diaryl/α,β-unsaturated/α-hetero) is 1. The Balaban J connectivity index is 1.73. The monoisotopic (exact) mass is 378 g/mol. The quantitative estimate of drug-likeness (QED) is 0.317. The maximum atomic E-state index is 12.4. The van der Waals surface area contributed by atoms with Crippen molar-refractivity contribution in [2.75, 3.05) is 7.11 Å². The second-order valence-corrected chi connectivity index (χ2v) is 9.05. The summed E-state index contributed by atoms with van der Waals surface area (Å²) in [6, 6.07) is 0. The van der Waals surface area contributed by atoms with E-state index in [2.05, 4.69) is 30.7 Å². The van der Waals surface area contributed by atoms with Crippen LogP contribution in [0.2, 0.25) is 0 Å². The largest absolute Gasteiger partial charge is 0.469 e. The van der Waals surface area contributed by atoms with E-state index in [9.17, 15) is 14.7 Å². The molecule has 4 atom stereocenters. The van der Waals surface area contributed by atoms with Crippen LogP contribution in [0.5, 0.6) is 0 Å². The van der Waals surface area contributed by atoms with Crippen LogP contribution in [0.1, 0.15) is 84.5 Å². The number of allylic oxidation sites excluding steroid dienone is 2. The number of unbranched alkanes of at least 4 members (excludes halogenated alkanes) is 1. The van der Waals surface area contributed by atoms with Crippen LogP contribution in [-0.2, 0) is 14.3 Å². The number of carbonyl (C=O) groups excluding carboxylic acids is 2. The minimum atomic E-state index is -0.188. The standard InChI is InChI=1S/C23H38O4/c1-17-16-20(24)19(10-6-4-5-7-13-22(26)27-3)18(17)11-8-12-21(25)23(2)14-9-15-23/h4,6,17-19,21,25H,5,7-16H2,1-3H3/b6-4-/t17-,18+,19-,21?/m1/s1. The lowest BCUT2D eigenvalue weighted by Gasteiger charge is -2.42. The van der Waals surface area contributed by atoms with E-state index in [0.717, 1.165) is 51.4 Å². The van der Waals surface area contributed by atoms with Crippen LogP contribution in [0.3, 0.4) is 0 Å². The third kappa shape index (κ3) is 6.17. The zero-order valence-electron chi connectivity index (χ0n) is 17.4. The van der Waals surface area contributed by atoms with Crippen molar-refractivity contribution in [2.24, 2.45) is 23.2 Å². The molecule has 154 valence electrons. The van der Waals surface area contributed by atoms with Gasteiger partial charge in [-0.2, -0.15) is 0 Å². The van der Waals surface area contributed by atoms with Crippen LogP contribution in [0.15, 0.2) is 12.2 Å². The molecule has 2 aliphatic carbocycles. The lowest BCUT2D eigenvalue weighted by molar-refractivity contribution is -0.140. The number of methoxy groups -OCH3 is 1. The zero-order valence-corrected chi connectivity index (χ0v) is 17.4. The molecule has 2 rings (SSSR count). The minimum Gasteiger partial charge on any atom is -0.469 e. The van der Waals surface area contributed by atoms with Crippen LogP contribution >= 0.6 is 0 Å². The summed E-state index contributed by atoms with van der Waals surface area (Å²) < 4.78 is 4.64.